The molecule has 1 nitrogen and oxygen atoms in total. The van der Waals surface area contributed by atoms with E-state index < -0.39 is 0 Å². The van der Waals surface area contributed by atoms with Gasteiger partial charge in [-0.15, -0.1) is 0 Å². The fraction of sp³-hybridized carbons (Fsp3) is 0.133. The van der Waals surface area contributed by atoms with Crippen molar-refractivity contribution in [3.05, 3.63) is 68.1 Å². The number of carbonyl (C=O) groups is 1. The van der Waals surface area contributed by atoms with Crippen LogP contribution in [0.1, 0.15) is 27.0 Å². The fourth-order valence-electron chi connectivity index (χ4n) is 1.78. The van der Waals surface area contributed by atoms with Crippen LogP contribution in [0.5, 0.6) is 0 Å². The summed E-state index contributed by atoms with van der Waals surface area (Å²) in [5.74, 6) is -0.0713. The lowest BCUT2D eigenvalue weighted by Gasteiger charge is -2.07. The van der Waals surface area contributed by atoms with Crippen LogP contribution in [0.2, 0.25) is 5.02 Å². The summed E-state index contributed by atoms with van der Waals surface area (Å²) in [6.07, 6.45) is 0. The zero-order chi connectivity index (χ0) is 14.0. The van der Waals surface area contributed by atoms with Gasteiger partial charge in [-0.1, -0.05) is 55.6 Å². The molecule has 0 bridgehead atoms. The molecule has 2 aromatic rings. The molecule has 0 saturated heterocycles. The molecule has 0 heterocycles. The minimum absolute atomic E-state index is 0.0713. The SMILES string of the molecule is Cc1ccc(C(=O)c2ccc(CBr)cc2Br)c(Cl)c1. The van der Waals surface area contributed by atoms with Crippen LogP contribution >= 0.6 is 43.5 Å². The Balaban J connectivity index is 2.44. The first kappa shape index (κ1) is 14.8. The topological polar surface area (TPSA) is 17.1 Å². The highest BCUT2D eigenvalue weighted by Crippen LogP contribution is 2.26. The van der Waals surface area contributed by atoms with E-state index in [0.717, 1.165) is 20.9 Å². The highest BCUT2D eigenvalue weighted by Gasteiger charge is 2.15. The standard InChI is InChI=1S/C15H11Br2ClO/c1-9-2-4-12(14(18)6-9)15(19)11-5-3-10(8-16)7-13(11)17/h2-7H,8H2,1H3. The van der Waals surface area contributed by atoms with Crippen molar-refractivity contribution in [2.24, 2.45) is 0 Å². The van der Waals surface area contributed by atoms with Gasteiger partial charge in [-0.25, -0.2) is 0 Å². The third-order valence-electron chi connectivity index (χ3n) is 2.80. The molecule has 0 aliphatic heterocycles. The Hall–Kier alpha value is -0.640. The van der Waals surface area contributed by atoms with E-state index in [1.54, 1.807) is 12.1 Å². The molecule has 4 heteroatoms. The Kier molecular flexibility index (Phi) is 4.82. The van der Waals surface area contributed by atoms with Crippen molar-refractivity contribution in [2.45, 2.75) is 12.3 Å². The second-order valence-corrected chi connectivity index (χ2v) is 6.08. The van der Waals surface area contributed by atoms with Crippen LogP contribution in [0.25, 0.3) is 0 Å². The average molecular weight is 403 g/mol. The van der Waals surface area contributed by atoms with Crippen molar-refractivity contribution < 1.29 is 4.79 Å². The molecule has 0 radical (unpaired) electrons. The van der Waals surface area contributed by atoms with Crippen LogP contribution in [-0.2, 0) is 5.33 Å². The van der Waals surface area contributed by atoms with Crippen molar-refractivity contribution in [3.63, 3.8) is 0 Å². The third-order valence-corrected chi connectivity index (χ3v) is 4.42. The molecule has 0 unspecified atom stereocenters. The quantitative estimate of drug-likeness (QED) is 0.487. The minimum atomic E-state index is -0.0713. The maximum atomic E-state index is 12.5. The van der Waals surface area contributed by atoms with Gasteiger partial charge >= 0.3 is 0 Å². The maximum absolute atomic E-state index is 12.5. The van der Waals surface area contributed by atoms with E-state index in [-0.39, 0.29) is 5.78 Å². The number of halogens is 3. The van der Waals surface area contributed by atoms with Gasteiger partial charge in [0.15, 0.2) is 5.78 Å². The first-order chi connectivity index (χ1) is 9.02. The summed E-state index contributed by atoms with van der Waals surface area (Å²) in [5.41, 5.74) is 3.30. The van der Waals surface area contributed by atoms with Gasteiger partial charge in [0.05, 0.1) is 5.02 Å². The summed E-state index contributed by atoms with van der Waals surface area (Å²) in [6.45, 7) is 1.95. The van der Waals surface area contributed by atoms with Crippen molar-refractivity contribution in [1.82, 2.24) is 0 Å². The molecule has 2 aromatic carbocycles. The molecule has 0 amide bonds. The van der Waals surface area contributed by atoms with Gasteiger partial charge in [0.1, 0.15) is 0 Å². The number of hydrogen-bond donors (Lipinski definition) is 0. The van der Waals surface area contributed by atoms with Crippen molar-refractivity contribution in [3.8, 4) is 0 Å². The number of carbonyl (C=O) groups excluding carboxylic acids is 1. The second-order valence-electron chi connectivity index (χ2n) is 4.26. The third kappa shape index (κ3) is 3.28. The Bertz CT molecular complexity index is 638. The number of aryl methyl sites for hydroxylation is 1. The number of hydrogen-bond acceptors (Lipinski definition) is 1. The summed E-state index contributed by atoms with van der Waals surface area (Å²) in [6, 6.07) is 11.1. The van der Waals surface area contributed by atoms with Gasteiger partial charge in [0.25, 0.3) is 0 Å². The number of alkyl halides is 1. The van der Waals surface area contributed by atoms with Gasteiger partial charge in [0.2, 0.25) is 0 Å². The molecular weight excluding hydrogens is 391 g/mol. The van der Waals surface area contributed by atoms with E-state index in [1.165, 1.54) is 0 Å². The van der Waals surface area contributed by atoms with E-state index >= 15 is 0 Å². The molecule has 0 aliphatic rings. The number of ketones is 1. The molecule has 0 saturated carbocycles. The van der Waals surface area contributed by atoms with E-state index in [2.05, 4.69) is 31.9 Å². The summed E-state index contributed by atoms with van der Waals surface area (Å²) < 4.78 is 0.783. The van der Waals surface area contributed by atoms with Crippen LogP contribution in [-0.4, -0.2) is 5.78 Å². The zero-order valence-corrected chi connectivity index (χ0v) is 14.1. The van der Waals surface area contributed by atoms with Gasteiger partial charge in [0, 0.05) is 20.9 Å². The highest BCUT2D eigenvalue weighted by molar-refractivity contribution is 9.10. The molecule has 0 spiro atoms. The Labute approximate surface area is 134 Å². The van der Waals surface area contributed by atoms with Crippen molar-refractivity contribution in [2.75, 3.05) is 0 Å². The lowest BCUT2D eigenvalue weighted by Crippen LogP contribution is -2.03. The summed E-state index contributed by atoms with van der Waals surface area (Å²) in [7, 11) is 0. The number of rotatable bonds is 3. The van der Waals surface area contributed by atoms with E-state index in [1.807, 2.05) is 31.2 Å². The summed E-state index contributed by atoms with van der Waals surface area (Å²) >= 11 is 13.0. The smallest absolute Gasteiger partial charge is 0.195 e. The molecule has 0 aliphatic carbocycles. The highest BCUT2D eigenvalue weighted by atomic mass is 79.9. The lowest BCUT2D eigenvalue weighted by molar-refractivity contribution is 0.103. The second kappa shape index (κ2) is 6.21. The van der Waals surface area contributed by atoms with Crippen molar-refractivity contribution in [1.29, 1.82) is 0 Å². The van der Waals surface area contributed by atoms with E-state index in [9.17, 15) is 4.79 Å². The Morgan fingerprint density at radius 3 is 2.42 bits per heavy atom. The summed E-state index contributed by atoms with van der Waals surface area (Å²) in [5, 5.41) is 1.24. The van der Waals surface area contributed by atoms with Gasteiger partial charge < -0.3 is 0 Å². The zero-order valence-electron chi connectivity index (χ0n) is 10.2. The van der Waals surface area contributed by atoms with Crippen LogP contribution in [0, 0.1) is 6.92 Å². The average Bonchev–Trinajstić information content (AvgIpc) is 2.37. The molecule has 0 atom stereocenters. The predicted molar refractivity (Wildman–Crippen MR) is 86.4 cm³/mol. The molecule has 0 N–H and O–H groups in total. The van der Waals surface area contributed by atoms with Crippen molar-refractivity contribution >= 4 is 49.2 Å². The van der Waals surface area contributed by atoms with Gasteiger partial charge in [-0.3, -0.25) is 4.79 Å². The molecule has 0 aromatic heterocycles. The Morgan fingerprint density at radius 1 is 1.16 bits per heavy atom. The van der Waals surface area contributed by atoms with Gasteiger partial charge in [-0.2, -0.15) is 0 Å². The van der Waals surface area contributed by atoms with Crippen LogP contribution in [0.15, 0.2) is 40.9 Å². The van der Waals surface area contributed by atoms with Crippen LogP contribution in [0.4, 0.5) is 0 Å². The number of benzene rings is 2. The molecular formula is C15H11Br2ClO. The molecule has 19 heavy (non-hydrogen) atoms. The maximum Gasteiger partial charge on any atom is 0.195 e. The minimum Gasteiger partial charge on any atom is -0.289 e. The van der Waals surface area contributed by atoms with Crippen LogP contribution in [0.3, 0.4) is 0 Å². The molecule has 0 fully saturated rings. The van der Waals surface area contributed by atoms with Crippen LogP contribution < -0.4 is 0 Å². The van der Waals surface area contributed by atoms with E-state index in [4.69, 9.17) is 11.6 Å². The largest absolute Gasteiger partial charge is 0.289 e. The first-order valence-corrected chi connectivity index (χ1v) is 7.97. The monoisotopic (exact) mass is 400 g/mol. The Morgan fingerprint density at radius 2 is 1.84 bits per heavy atom. The normalized spacial score (nSPS) is 10.5. The first-order valence-electron chi connectivity index (χ1n) is 5.68. The van der Waals surface area contributed by atoms with E-state index in [0.29, 0.717) is 16.1 Å². The molecule has 2 rings (SSSR count). The predicted octanol–water partition coefficient (Wildman–Crippen LogP) is 5.54. The van der Waals surface area contributed by atoms with Gasteiger partial charge in [-0.05, 0) is 42.3 Å². The molecule has 98 valence electrons. The summed E-state index contributed by atoms with van der Waals surface area (Å²) in [4.78, 5) is 12.5. The fourth-order valence-corrected chi connectivity index (χ4v) is 3.05. The lowest BCUT2D eigenvalue weighted by atomic mass is 10.0.